The van der Waals surface area contributed by atoms with Crippen molar-refractivity contribution in [2.75, 3.05) is 6.54 Å². The first-order valence-electron chi connectivity index (χ1n) is 4.00. The van der Waals surface area contributed by atoms with Crippen molar-refractivity contribution in [3.05, 3.63) is 24.8 Å². The predicted octanol–water partition coefficient (Wildman–Crippen LogP) is 0.475. The quantitative estimate of drug-likeness (QED) is 0.591. The first kappa shape index (κ1) is 9.60. The molecule has 0 atom stereocenters. The van der Waals surface area contributed by atoms with E-state index in [1.54, 1.807) is 24.8 Å². The maximum absolute atomic E-state index is 10.2. The number of nitrogens with zero attached hydrogens (tertiary/aromatic N) is 3. The van der Waals surface area contributed by atoms with Gasteiger partial charge in [0.15, 0.2) is 0 Å². The summed E-state index contributed by atoms with van der Waals surface area (Å²) in [4.78, 5) is 17.7. The molecule has 1 aliphatic heterocycles. The first-order valence-corrected chi connectivity index (χ1v) is 4.00. The molecule has 1 fully saturated rings. The van der Waals surface area contributed by atoms with Gasteiger partial charge in [-0.3, -0.25) is 20.0 Å². The summed E-state index contributed by atoms with van der Waals surface area (Å²) in [6.07, 6.45) is 7.87. The minimum Gasteiger partial charge on any atom is -0.286 e. The number of carbonyl (C=O) groups is 1. The van der Waals surface area contributed by atoms with Crippen LogP contribution in [0.5, 0.6) is 0 Å². The smallest absolute Gasteiger partial charge is 0.245 e. The van der Waals surface area contributed by atoms with Crippen LogP contribution in [0.4, 0.5) is 0 Å². The Morgan fingerprint density at radius 1 is 1.23 bits per heavy atom. The van der Waals surface area contributed by atoms with Crippen molar-refractivity contribution < 1.29 is 10.0 Å². The average Bonchev–Trinajstić information content (AvgIpc) is 2.55. The van der Waals surface area contributed by atoms with Crippen molar-refractivity contribution in [2.24, 2.45) is 0 Å². The lowest BCUT2D eigenvalue weighted by Crippen LogP contribution is -2.18. The van der Waals surface area contributed by atoms with Crippen LogP contribution in [0.3, 0.4) is 0 Å². The van der Waals surface area contributed by atoms with Gasteiger partial charge in [-0.15, -0.1) is 0 Å². The van der Waals surface area contributed by atoms with E-state index in [0.29, 0.717) is 13.0 Å². The minimum atomic E-state index is -0.153. The summed E-state index contributed by atoms with van der Waals surface area (Å²) in [5, 5.41) is 9.25. The summed E-state index contributed by atoms with van der Waals surface area (Å²) in [7, 11) is 0. The van der Waals surface area contributed by atoms with Gasteiger partial charge in [-0.05, 0) is 6.42 Å². The van der Waals surface area contributed by atoms with Gasteiger partial charge in [-0.2, -0.15) is 0 Å². The highest BCUT2D eigenvalue weighted by molar-refractivity contribution is 5.76. The fraction of sp³-hybridized carbons (Fsp3) is 0.375. The third-order valence-electron chi connectivity index (χ3n) is 1.53. The molecule has 0 aromatic carbocycles. The molecule has 0 saturated carbocycles. The molecule has 1 aromatic rings. The Morgan fingerprint density at radius 2 is 1.77 bits per heavy atom. The minimum absolute atomic E-state index is 0.153. The number of hydrogen-bond acceptors (Lipinski definition) is 4. The predicted molar refractivity (Wildman–Crippen MR) is 44.8 cm³/mol. The molecule has 0 bridgehead atoms. The average molecular weight is 181 g/mol. The van der Waals surface area contributed by atoms with Crippen molar-refractivity contribution in [1.82, 2.24) is 15.0 Å². The van der Waals surface area contributed by atoms with Gasteiger partial charge < -0.3 is 0 Å². The standard InChI is InChI=1S/C4H4N2.C4H7NO2/c1-2-6-4-3-5-1;6-4-2-1-3-5(4)7/h1-4H;7H,1-3H2. The Bertz CT molecular complexity index is 226. The molecule has 13 heavy (non-hydrogen) atoms. The van der Waals surface area contributed by atoms with Crippen LogP contribution in [-0.4, -0.2) is 32.7 Å². The van der Waals surface area contributed by atoms with E-state index in [-0.39, 0.29) is 5.91 Å². The summed E-state index contributed by atoms with van der Waals surface area (Å²) < 4.78 is 0. The van der Waals surface area contributed by atoms with E-state index in [9.17, 15) is 4.79 Å². The Labute approximate surface area is 76.0 Å². The topological polar surface area (TPSA) is 66.3 Å². The molecule has 1 amide bonds. The zero-order chi connectivity index (χ0) is 9.52. The Balaban J connectivity index is 0.000000132. The summed E-state index contributed by atoms with van der Waals surface area (Å²) in [5.41, 5.74) is 0. The number of hydrogen-bond donors (Lipinski definition) is 1. The van der Waals surface area contributed by atoms with Gasteiger partial charge >= 0.3 is 0 Å². The highest BCUT2D eigenvalue weighted by Crippen LogP contribution is 2.04. The first-order chi connectivity index (χ1) is 6.30. The molecule has 0 radical (unpaired) electrons. The summed E-state index contributed by atoms with van der Waals surface area (Å²) >= 11 is 0. The fourth-order valence-corrected chi connectivity index (χ4v) is 0.887. The van der Waals surface area contributed by atoms with E-state index >= 15 is 0 Å². The zero-order valence-electron chi connectivity index (χ0n) is 7.13. The molecular formula is C8H11N3O2. The molecular weight excluding hydrogens is 170 g/mol. The van der Waals surface area contributed by atoms with Gasteiger partial charge in [0.2, 0.25) is 5.91 Å². The van der Waals surface area contributed by atoms with E-state index in [0.717, 1.165) is 11.5 Å². The monoisotopic (exact) mass is 181 g/mol. The molecule has 2 heterocycles. The molecule has 1 N–H and O–H groups in total. The van der Waals surface area contributed by atoms with E-state index in [1.165, 1.54) is 0 Å². The van der Waals surface area contributed by atoms with E-state index in [2.05, 4.69) is 9.97 Å². The van der Waals surface area contributed by atoms with Crippen molar-refractivity contribution in [2.45, 2.75) is 12.8 Å². The molecule has 0 unspecified atom stereocenters. The van der Waals surface area contributed by atoms with Crippen molar-refractivity contribution in [3.8, 4) is 0 Å². The van der Waals surface area contributed by atoms with Gasteiger partial charge in [-0.1, -0.05) is 0 Å². The maximum Gasteiger partial charge on any atom is 0.245 e. The number of carbonyl (C=O) groups excluding carboxylic acids is 1. The lowest BCUT2D eigenvalue weighted by Gasteiger charge is -2.00. The largest absolute Gasteiger partial charge is 0.286 e. The summed E-state index contributed by atoms with van der Waals surface area (Å²) in [6, 6.07) is 0. The van der Waals surface area contributed by atoms with Gasteiger partial charge in [0.05, 0.1) is 0 Å². The molecule has 5 nitrogen and oxygen atoms in total. The number of hydroxylamine groups is 2. The molecule has 1 aliphatic rings. The molecule has 2 rings (SSSR count). The van der Waals surface area contributed by atoms with Crippen LogP contribution in [-0.2, 0) is 4.79 Å². The summed E-state index contributed by atoms with van der Waals surface area (Å²) in [5.74, 6) is -0.153. The van der Waals surface area contributed by atoms with Gasteiger partial charge in [-0.25, -0.2) is 5.06 Å². The summed E-state index contributed by atoms with van der Waals surface area (Å²) in [6.45, 7) is 0.513. The van der Waals surface area contributed by atoms with E-state index in [4.69, 9.17) is 5.21 Å². The van der Waals surface area contributed by atoms with Crippen LogP contribution in [0.15, 0.2) is 24.8 Å². The van der Waals surface area contributed by atoms with Crippen molar-refractivity contribution >= 4 is 5.91 Å². The van der Waals surface area contributed by atoms with Gasteiger partial charge in [0, 0.05) is 37.8 Å². The normalized spacial score (nSPS) is 15.2. The van der Waals surface area contributed by atoms with Crippen LogP contribution < -0.4 is 0 Å². The fourth-order valence-electron chi connectivity index (χ4n) is 0.887. The number of rotatable bonds is 0. The van der Waals surface area contributed by atoms with Crippen molar-refractivity contribution in [1.29, 1.82) is 0 Å². The van der Waals surface area contributed by atoms with Crippen LogP contribution in [0.2, 0.25) is 0 Å². The zero-order valence-corrected chi connectivity index (χ0v) is 7.13. The number of amides is 1. The third-order valence-corrected chi connectivity index (χ3v) is 1.53. The molecule has 0 aliphatic carbocycles. The lowest BCUT2D eigenvalue weighted by atomic mass is 10.4. The Morgan fingerprint density at radius 3 is 1.92 bits per heavy atom. The van der Waals surface area contributed by atoms with E-state index in [1.807, 2.05) is 0 Å². The lowest BCUT2D eigenvalue weighted by molar-refractivity contribution is -0.157. The Kier molecular flexibility index (Phi) is 3.84. The van der Waals surface area contributed by atoms with Crippen molar-refractivity contribution in [3.63, 3.8) is 0 Å². The van der Waals surface area contributed by atoms with Crippen LogP contribution in [0.1, 0.15) is 12.8 Å². The molecule has 5 heteroatoms. The van der Waals surface area contributed by atoms with Gasteiger partial charge in [0.25, 0.3) is 0 Å². The Hall–Kier alpha value is -1.49. The second-order valence-electron chi connectivity index (χ2n) is 2.51. The molecule has 70 valence electrons. The van der Waals surface area contributed by atoms with Gasteiger partial charge in [0.1, 0.15) is 0 Å². The highest BCUT2D eigenvalue weighted by Gasteiger charge is 2.16. The molecule has 1 aromatic heterocycles. The second kappa shape index (κ2) is 5.21. The van der Waals surface area contributed by atoms with Crippen LogP contribution in [0, 0.1) is 0 Å². The number of aromatic nitrogens is 2. The highest BCUT2D eigenvalue weighted by atomic mass is 16.5. The maximum atomic E-state index is 10.2. The van der Waals surface area contributed by atoms with Crippen LogP contribution in [0.25, 0.3) is 0 Å². The SMILES string of the molecule is O=C1CCCN1O.c1cnccn1. The van der Waals surface area contributed by atoms with E-state index < -0.39 is 0 Å². The van der Waals surface area contributed by atoms with Crippen LogP contribution >= 0.6 is 0 Å². The molecule has 1 saturated heterocycles. The molecule has 0 spiro atoms. The second-order valence-corrected chi connectivity index (χ2v) is 2.51. The third kappa shape index (κ3) is 3.62.